The van der Waals surface area contributed by atoms with Gasteiger partial charge in [-0.3, -0.25) is 4.79 Å². The van der Waals surface area contributed by atoms with Crippen LogP contribution in [0.15, 0.2) is 23.3 Å². The molecule has 1 rings (SSSR count). The van der Waals surface area contributed by atoms with Crippen LogP contribution >= 0.6 is 11.6 Å². The molecule has 0 aliphatic rings. The number of carbonyl (C=O) groups is 1. The summed E-state index contributed by atoms with van der Waals surface area (Å²) >= 11 is 5.96. The van der Waals surface area contributed by atoms with Crippen LogP contribution in [0.25, 0.3) is 10.4 Å². The lowest BCUT2D eigenvalue weighted by Gasteiger charge is -2.18. The van der Waals surface area contributed by atoms with Crippen LogP contribution in [-0.2, 0) is 4.79 Å². The highest BCUT2D eigenvalue weighted by molar-refractivity contribution is 6.34. The number of benzene rings is 1. The van der Waals surface area contributed by atoms with Gasteiger partial charge in [-0.05, 0) is 17.7 Å². The summed E-state index contributed by atoms with van der Waals surface area (Å²) in [7, 11) is 0. The van der Waals surface area contributed by atoms with Crippen LogP contribution < -0.4 is 5.32 Å². The summed E-state index contributed by atoms with van der Waals surface area (Å²) in [5.41, 5.74) is 8.70. The van der Waals surface area contributed by atoms with Gasteiger partial charge in [0.15, 0.2) is 0 Å². The molecule has 0 heterocycles. The van der Waals surface area contributed by atoms with E-state index >= 15 is 0 Å². The number of hydrogen-bond acceptors (Lipinski definition) is 2. The molecule has 90 valence electrons. The van der Waals surface area contributed by atoms with Gasteiger partial charge in [-0.1, -0.05) is 43.6 Å². The predicted molar refractivity (Wildman–Crippen MR) is 68.3 cm³/mol. The van der Waals surface area contributed by atoms with Crippen molar-refractivity contribution >= 4 is 28.9 Å². The third-order valence-electron chi connectivity index (χ3n) is 2.04. The molecule has 0 aromatic heterocycles. The fourth-order valence-corrected chi connectivity index (χ4v) is 1.25. The number of carbonyl (C=O) groups excluding carboxylic acids is 1. The lowest BCUT2D eigenvalue weighted by atomic mass is 9.95. The molecular weight excluding hydrogens is 240 g/mol. The first-order valence-electron chi connectivity index (χ1n) is 5.00. The second-order valence-electron chi connectivity index (χ2n) is 4.56. The molecule has 0 fully saturated rings. The number of nitrogens with zero attached hydrogens (tertiary/aromatic N) is 3. The number of rotatable bonds is 2. The van der Waals surface area contributed by atoms with Gasteiger partial charge in [-0.15, -0.1) is 0 Å². The normalized spacial score (nSPS) is 10.6. The fraction of sp³-hybridized carbons (Fsp3) is 0.364. The SMILES string of the molecule is CC(C)(C)C(=O)Nc1ccc(N=[N+]=[N-])cc1Cl. The standard InChI is InChI=1S/C11H13ClN4O/c1-11(2,3)10(17)14-9-5-4-7(15-16-13)6-8(9)12/h4-6H,1-3H3,(H,14,17). The summed E-state index contributed by atoms with van der Waals surface area (Å²) in [5.74, 6) is -0.129. The number of nitrogens with one attached hydrogen (secondary N) is 1. The molecule has 0 bridgehead atoms. The summed E-state index contributed by atoms with van der Waals surface area (Å²) in [6, 6.07) is 4.69. The van der Waals surface area contributed by atoms with E-state index in [0.29, 0.717) is 16.4 Å². The van der Waals surface area contributed by atoms with Gasteiger partial charge in [0, 0.05) is 16.0 Å². The van der Waals surface area contributed by atoms with Gasteiger partial charge < -0.3 is 5.32 Å². The van der Waals surface area contributed by atoms with Crippen molar-refractivity contribution in [3.8, 4) is 0 Å². The Bertz CT molecular complexity index is 487. The van der Waals surface area contributed by atoms with Gasteiger partial charge >= 0.3 is 0 Å². The van der Waals surface area contributed by atoms with Gasteiger partial charge in [0.05, 0.1) is 10.7 Å². The molecule has 0 aliphatic carbocycles. The van der Waals surface area contributed by atoms with Crippen molar-refractivity contribution in [2.24, 2.45) is 10.5 Å². The Morgan fingerprint density at radius 2 is 2.12 bits per heavy atom. The van der Waals surface area contributed by atoms with Crippen LogP contribution in [0.1, 0.15) is 20.8 Å². The zero-order valence-electron chi connectivity index (χ0n) is 9.86. The number of halogens is 1. The maximum atomic E-state index is 11.7. The second kappa shape index (κ2) is 5.08. The van der Waals surface area contributed by atoms with E-state index in [2.05, 4.69) is 15.3 Å². The molecule has 0 saturated heterocycles. The summed E-state index contributed by atoms with van der Waals surface area (Å²) in [4.78, 5) is 14.4. The minimum atomic E-state index is -0.493. The lowest BCUT2D eigenvalue weighted by molar-refractivity contribution is -0.123. The van der Waals surface area contributed by atoms with E-state index in [1.54, 1.807) is 12.1 Å². The van der Waals surface area contributed by atoms with Crippen molar-refractivity contribution in [3.63, 3.8) is 0 Å². The van der Waals surface area contributed by atoms with Crippen molar-refractivity contribution in [1.82, 2.24) is 0 Å². The van der Waals surface area contributed by atoms with E-state index in [4.69, 9.17) is 17.1 Å². The van der Waals surface area contributed by atoms with Crippen LogP contribution in [0.4, 0.5) is 11.4 Å². The van der Waals surface area contributed by atoms with Crippen LogP contribution in [0.2, 0.25) is 5.02 Å². The second-order valence-corrected chi connectivity index (χ2v) is 4.96. The van der Waals surface area contributed by atoms with Crippen LogP contribution in [0.5, 0.6) is 0 Å². The summed E-state index contributed by atoms with van der Waals surface area (Å²) in [6.45, 7) is 5.43. The molecular formula is C11H13ClN4O. The minimum Gasteiger partial charge on any atom is -0.324 e. The lowest BCUT2D eigenvalue weighted by Crippen LogP contribution is -2.27. The van der Waals surface area contributed by atoms with Crippen molar-refractivity contribution in [2.75, 3.05) is 5.32 Å². The smallest absolute Gasteiger partial charge is 0.229 e. The highest BCUT2D eigenvalue weighted by Crippen LogP contribution is 2.28. The third-order valence-corrected chi connectivity index (χ3v) is 2.35. The average Bonchev–Trinajstić information content (AvgIpc) is 2.21. The Labute approximate surface area is 104 Å². The summed E-state index contributed by atoms with van der Waals surface area (Å²) in [6.07, 6.45) is 0. The quantitative estimate of drug-likeness (QED) is 0.476. The molecule has 6 heteroatoms. The first kappa shape index (κ1) is 13.4. The number of hydrogen-bond donors (Lipinski definition) is 1. The van der Waals surface area contributed by atoms with Gasteiger partial charge in [-0.2, -0.15) is 0 Å². The zero-order chi connectivity index (χ0) is 13.1. The molecule has 5 nitrogen and oxygen atoms in total. The Hall–Kier alpha value is -1.71. The fourth-order valence-electron chi connectivity index (χ4n) is 1.03. The molecule has 1 aromatic rings. The van der Waals surface area contributed by atoms with Crippen molar-refractivity contribution in [2.45, 2.75) is 20.8 Å². The molecule has 1 amide bonds. The molecule has 1 N–H and O–H groups in total. The Balaban J connectivity index is 2.94. The Morgan fingerprint density at radius 1 is 1.47 bits per heavy atom. The van der Waals surface area contributed by atoms with E-state index in [1.807, 2.05) is 20.8 Å². The van der Waals surface area contributed by atoms with Crippen LogP contribution in [0, 0.1) is 5.41 Å². The van der Waals surface area contributed by atoms with E-state index in [-0.39, 0.29) is 5.91 Å². The first-order valence-corrected chi connectivity index (χ1v) is 5.38. The molecule has 0 unspecified atom stereocenters. The topological polar surface area (TPSA) is 77.9 Å². The molecule has 0 spiro atoms. The van der Waals surface area contributed by atoms with Crippen molar-refractivity contribution in [1.29, 1.82) is 0 Å². The average molecular weight is 253 g/mol. The van der Waals surface area contributed by atoms with Crippen molar-refractivity contribution < 1.29 is 4.79 Å². The van der Waals surface area contributed by atoms with Gasteiger partial charge in [0.25, 0.3) is 0 Å². The maximum absolute atomic E-state index is 11.7. The van der Waals surface area contributed by atoms with E-state index in [0.717, 1.165) is 0 Å². The Kier molecular flexibility index (Phi) is 3.99. The maximum Gasteiger partial charge on any atom is 0.229 e. The first-order chi connectivity index (χ1) is 7.84. The van der Waals surface area contributed by atoms with Crippen molar-refractivity contribution in [3.05, 3.63) is 33.7 Å². The summed E-state index contributed by atoms with van der Waals surface area (Å²) in [5, 5.41) is 6.47. The molecule has 0 saturated carbocycles. The predicted octanol–water partition coefficient (Wildman–Crippen LogP) is 4.27. The van der Waals surface area contributed by atoms with Gasteiger partial charge in [0.1, 0.15) is 0 Å². The Morgan fingerprint density at radius 3 is 2.59 bits per heavy atom. The highest BCUT2D eigenvalue weighted by atomic mass is 35.5. The van der Waals surface area contributed by atoms with Gasteiger partial charge in [0.2, 0.25) is 5.91 Å². The minimum absolute atomic E-state index is 0.129. The monoisotopic (exact) mass is 252 g/mol. The molecule has 17 heavy (non-hydrogen) atoms. The number of azide groups is 1. The molecule has 1 aromatic carbocycles. The molecule has 0 radical (unpaired) electrons. The molecule has 0 atom stereocenters. The van der Waals surface area contributed by atoms with E-state index < -0.39 is 5.41 Å². The number of anilines is 1. The molecule has 0 aliphatic heterocycles. The van der Waals surface area contributed by atoms with Gasteiger partial charge in [-0.25, -0.2) is 0 Å². The number of amides is 1. The van der Waals surface area contributed by atoms with Crippen LogP contribution in [0.3, 0.4) is 0 Å². The van der Waals surface area contributed by atoms with Crippen LogP contribution in [-0.4, -0.2) is 5.91 Å². The summed E-state index contributed by atoms with van der Waals surface area (Å²) < 4.78 is 0. The van der Waals surface area contributed by atoms with E-state index in [9.17, 15) is 4.79 Å². The van der Waals surface area contributed by atoms with E-state index in [1.165, 1.54) is 6.07 Å². The third kappa shape index (κ3) is 3.66. The largest absolute Gasteiger partial charge is 0.324 e. The zero-order valence-corrected chi connectivity index (χ0v) is 10.6. The highest BCUT2D eigenvalue weighted by Gasteiger charge is 2.21.